The normalized spacial score (nSPS) is 15.4. The van der Waals surface area contributed by atoms with Gasteiger partial charge in [-0.25, -0.2) is 0 Å². The molecule has 2 aromatic carbocycles. The minimum Gasteiger partial charge on any atom is -0.378 e. The van der Waals surface area contributed by atoms with Crippen LogP contribution in [0.5, 0.6) is 0 Å². The number of aliphatic imine (C=N–C) groups is 1. The molecule has 0 radical (unpaired) electrons. The highest BCUT2D eigenvalue weighted by molar-refractivity contribution is 14.0. The Hall–Kier alpha value is -2.29. The molecule has 2 aromatic rings. The second-order valence-electron chi connectivity index (χ2n) is 7.85. The minimum atomic E-state index is 0. The van der Waals surface area contributed by atoms with E-state index in [-0.39, 0.29) is 35.8 Å². The Kier molecular flexibility index (Phi) is 10.1. The van der Waals surface area contributed by atoms with E-state index in [2.05, 4.69) is 72.2 Å². The number of hydrogen-bond donors (Lipinski definition) is 3. The summed E-state index contributed by atoms with van der Waals surface area (Å²) < 4.78 is 0. The van der Waals surface area contributed by atoms with Crippen LogP contribution in [0.25, 0.3) is 0 Å². The summed E-state index contributed by atoms with van der Waals surface area (Å²) >= 11 is 0. The molecule has 1 aliphatic heterocycles. The van der Waals surface area contributed by atoms with Gasteiger partial charge in [0, 0.05) is 50.9 Å². The topological polar surface area (TPSA) is 68.8 Å². The van der Waals surface area contributed by atoms with Gasteiger partial charge in [0.15, 0.2) is 5.96 Å². The third kappa shape index (κ3) is 7.41. The van der Waals surface area contributed by atoms with Crippen LogP contribution >= 0.6 is 24.0 Å². The number of anilines is 2. The van der Waals surface area contributed by atoms with E-state index in [1.165, 1.54) is 11.3 Å². The lowest BCUT2D eigenvalue weighted by Crippen LogP contribution is -2.38. The molecule has 168 valence electrons. The summed E-state index contributed by atoms with van der Waals surface area (Å²) in [4.78, 5) is 18.9. The largest absolute Gasteiger partial charge is 0.378 e. The number of rotatable bonds is 8. The second-order valence-corrected chi connectivity index (χ2v) is 7.85. The fourth-order valence-corrected chi connectivity index (χ4v) is 3.67. The second kappa shape index (κ2) is 12.5. The van der Waals surface area contributed by atoms with E-state index < -0.39 is 0 Å². The van der Waals surface area contributed by atoms with E-state index in [9.17, 15) is 4.79 Å². The number of fused-ring (bicyclic) bond motifs is 1. The number of aryl methyl sites for hydroxylation is 1. The van der Waals surface area contributed by atoms with Crippen molar-refractivity contribution in [1.82, 2.24) is 10.6 Å². The highest BCUT2D eigenvalue weighted by Crippen LogP contribution is 2.31. The van der Waals surface area contributed by atoms with E-state index in [1.807, 2.05) is 18.2 Å². The lowest BCUT2D eigenvalue weighted by atomic mass is 9.91. The molecule has 3 rings (SSSR count). The van der Waals surface area contributed by atoms with Crippen LogP contribution in [0.3, 0.4) is 0 Å². The molecule has 1 aliphatic rings. The van der Waals surface area contributed by atoms with E-state index in [4.69, 9.17) is 4.99 Å². The molecule has 0 saturated carbocycles. The number of halogens is 1. The van der Waals surface area contributed by atoms with Crippen molar-refractivity contribution in [2.45, 2.75) is 32.1 Å². The van der Waals surface area contributed by atoms with Crippen molar-refractivity contribution in [3.8, 4) is 0 Å². The molecular weight excluding hydrogens is 501 g/mol. The molecule has 1 heterocycles. The summed E-state index contributed by atoms with van der Waals surface area (Å²) in [5, 5.41) is 9.68. The van der Waals surface area contributed by atoms with Gasteiger partial charge in [0.2, 0.25) is 5.91 Å². The zero-order valence-corrected chi connectivity index (χ0v) is 21.0. The maximum atomic E-state index is 12.0. The number of guanidine groups is 1. The first-order valence-corrected chi connectivity index (χ1v) is 10.7. The van der Waals surface area contributed by atoms with Crippen LogP contribution in [0.2, 0.25) is 0 Å². The van der Waals surface area contributed by atoms with Gasteiger partial charge in [-0.1, -0.05) is 30.3 Å². The molecule has 3 N–H and O–H groups in total. The average molecular weight is 535 g/mol. The predicted molar refractivity (Wildman–Crippen MR) is 141 cm³/mol. The van der Waals surface area contributed by atoms with Gasteiger partial charge >= 0.3 is 0 Å². The number of hydrogen-bond acceptors (Lipinski definition) is 3. The van der Waals surface area contributed by atoms with E-state index in [0.29, 0.717) is 13.0 Å². The van der Waals surface area contributed by atoms with Crippen molar-refractivity contribution in [2.24, 2.45) is 4.99 Å². The Morgan fingerprint density at radius 1 is 1.13 bits per heavy atom. The van der Waals surface area contributed by atoms with Crippen molar-refractivity contribution in [2.75, 3.05) is 43.9 Å². The van der Waals surface area contributed by atoms with Gasteiger partial charge < -0.3 is 20.9 Å². The SMILES string of the molecule is CCNC(=NCC1CC(=O)Nc2ccccc21)NCCCc1ccc(N(C)C)cc1.I. The van der Waals surface area contributed by atoms with Crippen molar-refractivity contribution < 1.29 is 4.79 Å². The molecule has 1 atom stereocenters. The van der Waals surface area contributed by atoms with Gasteiger partial charge in [0.25, 0.3) is 0 Å². The summed E-state index contributed by atoms with van der Waals surface area (Å²) in [6.45, 7) is 4.31. The Morgan fingerprint density at radius 3 is 2.58 bits per heavy atom. The molecule has 0 spiro atoms. The highest BCUT2D eigenvalue weighted by atomic mass is 127. The summed E-state index contributed by atoms with van der Waals surface area (Å²) in [5.41, 5.74) is 4.63. The maximum absolute atomic E-state index is 12.0. The number of amides is 1. The van der Waals surface area contributed by atoms with Crippen LogP contribution in [0, 0.1) is 0 Å². The van der Waals surface area contributed by atoms with Gasteiger partial charge in [0.1, 0.15) is 0 Å². The Labute approximate surface area is 202 Å². The number of para-hydroxylation sites is 1. The molecule has 0 fully saturated rings. The van der Waals surface area contributed by atoms with Gasteiger partial charge in [-0.05, 0) is 49.1 Å². The molecule has 0 aliphatic carbocycles. The molecule has 0 aromatic heterocycles. The first kappa shape index (κ1) is 25.0. The standard InChI is InChI=1S/C24H33N5O.HI/c1-4-25-24(26-15-7-8-18-11-13-20(14-12-18)29(2)3)27-17-19-16-23(30)28-22-10-6-5-9-21(19)22;/h5-6,9-14,19H,4,7-8,15-17H2,1-3H3,(H,28,30)(H2,25,26,27);1H. The fourth-order valence-electron chi connectivity index (χ4n) is 3.67. The number of carbonyl (C=O) groups excluding carboxylic acids is 1. The number of nitrogens with one attached hydrogen (secondary N) is 3. The summed E-state index contributed by atoms with van der Waals surface area (Å²) in [5.74, 6) is 0.983. The Balaban J connectivity index is 0.00000341. The van der Waals surface area contributed by atoms with Crippen LogP contribution in [0.4, 0.5) is 11.4 Å². The van der Waals surface area contributed by atoms with Crippen LogP contribution in [-0.4, -0.2) is 45.6 Å². The van der Waals surface area contributed by atoms with Gasteiger partial charge in [-0.15, -0.1) is 24.0 Å². The fraction of sp³-hybridized carbons (Fsp3) is 0.417. The molecule has 6 nitrogen and oxygen atoms in total. The van der Waals surface area contributed by atoms with E-state index in [0.717, 1.165) is 43.1 Å². The quantitative estimate of drug-likeness (QED) is 0.207. The van der Waals surface area contributed by atoms with Crippen molar-refractivity contribution in [3.63, 3.8) is 0 Å². The van der Waals surface area contributed by atoms with Gasteiger partial charge in [0.05, 0.1) is 6.54 Å². The molecule has 1 unspecified atom stereocenters. The zero-order valence-electron chi connectivity index (χ0n) is 18.6. The number of carbonyl (C=O) groups is 1. The third-order valence-corrected chi connectivity index (χ3v) is 5.31. The smallest absolute Gasteiger partial charge is 0.225 e. The van der Waals surface area contributed by atoms with Crippen LogP contribution in [0.1, 0.15) is 36.8 Å². The maximum Gasteiger partial charge on any atom is 0.225 e. The summed E-state index contributed by atoms with van der Waals surface area (Å²) in [7, 11) is 4.11. The van der Waals surface area contributed by atoms with Crippen LogP contribution < -0.4 is 20.9 Å². The molecule has 31 heavy (non-hydrogen) atoms. The molecule has 0 bridgehead atoms. The minimum absolute atomic E-state index is 0. The molecule has 7 heteroatoms. The number of nitrogens with zero attached hydrogens (tertiary/aromatic N) is 2. The monoisotopic (exact) mass is 535 g/mol. The highest BCUT2D eigenvalue weighted by Gasteiger charge is 2.24. The zero-order chi connectivity index (χ0) is 21.3. The molecule has 0 saturated heterocycles. The van der Waals surface area contributed by atoms with Crippen molar-refractivity contribution >= 4 is 47.2 Å². The van der Waals surface area contributed by atoms with E-state index >= 15 is 0 Å². The first-order chi connectivity index (χ1) is 14.6. The Bertz CT molecular complexity index is 867. The van der Waals surface area contributed by atoms with Crippen molar-refractivity contribution in [1.29, 1.82) is 0 Å². The van der Waals surface area contributed by atoms with Crippen molar-refractivity contribution in [3.05, 3.63) is 59.7 Å². The first-order valence-electron chi connectivity index (χ1n) is 10.7. The molecular formula is C24H34IN5O. The van der Waals surface area contributed by atoms with Gasteiger partial charge in [-0.2, -0.15) is 0 Å². The van der Waals surface area contributed by atoms with E-state index in [1.54, 1.807) is 0 Å². The lowest BCUT2D eigenvalue weighted by Gasteiger charge is -2.24. The summed E-state index contributed by atoms with van der Waals surface area (Å²) in [6.07, 6.45) is 2.53. The lowest BCUT2D eigenvalue weighted by molar-refractivity contribution is -0.116. The average Bonchev–Trinajstić information content (AvgIpc) is 2.75. The third-order valence-electron chi connectivity index (χ3n) is 5.31. The number of benzene rings is 2. The van der Waals surface area contributed by atoms with Crippen LogP contribution in [-0.2, 0) is 11.2 Å². The van der Waals surface area contributed by atoms with Crippen LogP contribution in [0.15, 0.2) is 53.5 Å². The van der Waals surface area contributed by atoms with Gasteiger partial charge in [-0.3, -0.25) is 9.79 Å². The Morgan fingerprint density at radius 2 is 1.87 bits per heavy atom. The predicted octanol–water partition coefficient (Wildman–Crippen LogP) is 3.98. The summed E-state index contributed by atoms with van der Waals surface area (Å²) in [6, 6.07) is 16.7. The molecule has 1 amide bonds.